The van der Waals surface area contributed by atoms with Gasteiger partial charge in [-0.3, -0.25) is 0 Å². The number of nitrogens with one attached hydrogen (secondary N) is 1. The summed E-state index contributed by atoms with van der Waals surface area (Å²) in [7, 11) is 0. The summed E-state index contributed by atoms with van der Waals surface area (Å²) >= 11 is 1.90. The van der Waals surface area contributed by atoms with Gasteiger partial charge in [0.05, 0.1) is 0 Å². The van der Waals surface area contributed by atoms with Crippen molar-refractivity contribution in [2.75, 3.05) is 25.1 Å². The van der Waals surface area contributed by atoms with Crippen molar-refractivity contribution in [2.45, 2.75) is 40.0 Å². The van der Waals surface area contributed by atoms with E-state index in [0.717, 1.165) is 38.3 Å². The van der Waals surface area contributed by atoms with E-state index in [1.165, 1.54) is 5.75 Å². The first-order chi connectivity index (χ1) is 8.44. The van der Waals surface area contributed by atoms with Gasteiger partial charge < -0.3 is 16.3 Å². The topological polar surface area (TPSA) is 70.6 Å². The molecule has 4 nitrogen and oxygen atoms in total. The van der Waals surface area contributed by atoms with E-state index in [2.05, 4.69) is 23.7 Å². The highest BCUT2D eigenvalue weighted by Crippen LogP contribution is 2.23. The molecule has 0 aromatic carbocycles. The maximum absolute atomic E-state index is 8.67. The fourth-order valence-electron chi connectivity index (χ4n) is 1.77. The second kappa shape index (κ2) is 9.50. The molecule has 0 radical (unpaired) electrons. The lowest BCUT2D eigenvalue weighted by Gasteiger charge is -2.22. The molecule has 18 heavy (non-hydrogen) atoms. The molecule has 0 rings (SSSR count). The Morgan fingerprint density at radius 3 is 2.67 bits per heavy atom. The van der Waals surface area contributed by atoms with E-state index in [1.807, 2.05) is 25.6 Å². The van der Waals surface area contributed by atoms with Gasteiger partial charge in [-0.05, 0) is 43.9 Å². The average molecular weight is 275 g/mol. The van der Waals surface area contributed by atoms with Crippen molar-refractivity contribution in [3.8, 4) is 0 Å². The Bertz CT molecular complexity index is 244. The molecule has 1 atom stereocenters. The number of hydrogen-bond acceptors (Lipinski definition) is 4. The average Bonchev–Trinajstić information content (AvgIpc) is 2.32. The van der Waals surface area contributed by atoms with Crippen LogP contribution in [0, 0.1) is 11.3 Å². The largest absolute Gasteiger partial charge is 0.409 e. The first kappa shape index (κ1) is 17.6. The minimum absolute atomic E-state index is 0.207. The summed E-state index contributed by atoms with van der Waals surface area (Å²) in [6.45, 7) is 8.42. The SMILES string of the molecule is CSCC(C)CNCCCCC(C)(C)C(N)=NO. The van der Waals surface area contributed by atoms with E-state index < -0.39 is 0 Å². The van der Waals surface area contributed by atoms with Crippen molar-refractivity contribution < 1.29 is 5.21 Å². The van der Waals surface area contributed by atoms with Crippen molar-refractivity contribution >= 4 is 17.6 Å². The molecule has 0 bridgehead atoms. The zero-order valence-electron chi connectivity index (χ0n) is 12.2. The van der Waals surface area contributed by atoms with Crippen LogP contribution in [0.1, 0.15) is 40.0 Å². The Kier molecular flexibility index (Phi) is 9.28. The first-order valence-corrected chi connectivity index (χ1v) is 8.01. The lowest BCUT2D eigenvalue weighted by atomic mass is 9.86. The summed E-state index contributed by atoms with van der Waals surface area (Å²) in [6.07, 6.45) is 5.32. The lowest BCUT2D eigenvalue weighted by molar-refractivity contribution is 0.304. The van der Waals surface area contributed by atoms with E-state index in [4.69, 9.17) is 10.9 Å². The summed E-state index contributed by atoms with van der Waals surface area (Å²) < 4.78 is 0. The quantitative estimate of drug-likeness (QED) is 0.188. The number of nitrogens with two attached hydrogens (primary N) is 1. The molecule has 0 saturated heterocycles. The van der Waals surface area contributed by atoms with Crippen LogP contribution in [0.15, 0.2) is 5.16 Å². The van der Waals surface area contributed by atoms with Gasteiger partial charge in [0.15, 0.2) is 0 Å². The summed E-state index contributed by atoms with van der Waals surface area (Å²) in [5, 5.41) is 15.2. The molecule has 0 aliphatic carbocycles. The lowest BCUT2D eigenvalue weighted by Crippen LogP contribution is -2.32. The van der Waals surface area contributed by atoms with Gasteiger partial charge in [-0.2, -0.15) is 11.8 Å². The number of amidine groups is 1. The molecule has 0 spiro atoms. The van der Waals surface area contributed by atoms with Gasteiger partial charge in [0, 0.05) is 5.41 Å². The van der Waals surface area contributed by atoms with Crippen LogP contribution in [0.25, 0.3) is 0 Å². The van der Waals surface area contributed by atoms with Crippen molar-refractivity contribution in [3.63, 3.8) is 0 Å². The maximum Gasteiger partial charge on any atom is 0.144 e. The van der Waals surface area contributed by atoms with Crippen LogP contribution in [-0.4, -0.2) is 36.1 Å². The van der Waals surface area contributed by atoms with E-state index in [1.54, 1.807) is 0 Å². The molecule has 0 heterocycles. The maximum atomic E-state index is 8.67. The Morgan fingerprint density at radius 1 is 1.44 bits per heavy atom. The Balaban J connectivity index is 3.57. The predicted molar refractivity (Wildman–Crippen MR) is 81.5 cm³/mol. The summed E-state index contributed by atoms with van der Waals surface area (Å²) in [5.41, 5.74) is 5.44. The number of thioether (sulfide) groups is 1. The Morgan fingerprint density at radius 2 is 2.11 bits per heavy atom. The van der Waals surface area contributed by atoms with Gasteiger partial charge in [-0.15, -0.1) is 0 Å². The van der Waals surface area contributed by atoms with Crippen LogP contribution >= 0.6 is 11.8 Å². The summed E-state index contributed by atoms with van der Waals surface area (Å²) in [5.74, 6) is 2.27. The van der Waals surface area contributed by atoms with E-state index >= 15 is 0 Å². The summed E-state index contributed by atoms with van der Waals surface area (Å²) in [4.78, 5) is 0. The molecular weight excluding hydrogens is 246 g/mol. The van der Waals surface area contributed by atoms with E-state index in [0.29, 0.717) is 5.84 Å². The number of nitrogens with zero attached hydrogens (tertiary/aromatic N) is 1. The van der Waals surface area contributed by atoms with Crippen molar-refractivity contribution in [1.82, 2.24) is 5.32 Å². The van der Waals surface area contributed by atoms with E-state index in [-0.39, 0.29) is 5.41 Å². The van der Waals surface area contributed by atoms with Crippen LogP contribution in [0.4, 0.5) is 0 Å². The number of hydrogen-bond donors (Lipinski definition) is 3. The van der Waals surface area contributed by atoms with Crippen LogP contribution in [0.2, 0.25) is 0 Å². The van der Waals surface area contributed by atoms with Crippen LogP contribution in [0.3, 0.4) is 0 Å². The fraction of sp³-hybridized carbons (Fsp3) is 0.923. The Hall–Kier alpha value is -0.420. The van der Waals surface area contributed by atoms with Crippen LogP contribution in [0.5, 0.6) is 0 Å². The zero-order valence-corrected chi connectivity index (χ0v) is 13.0. The monoisotopic (exact) mass is 275 g/mol. The van der Waals surface area contributed by atoms with Gasteiger partial charge in [-0.25, -0.2) is 0 Å². The summed E-state index contributed by atoms with van der Waals surface area (Å²) in [6, 6.07) is 0. The first-order valence-electron chi connectivity index (χ1n) is 6.61. The van der Waals surface area contributed by atoms with Crippen LogP contribution < -0.4 is 11.1 Å². The van der Waals surface area contributed by atoms with Crippen molar-refractivity contribution in [2.24, 2.45) is 22.2 Å². The molecule has 0 aliphatic heterocycles. The van der Waals surface area contributed by atoms with Gasteiger partial charge in [0.25, 0.3) is 0 Å². The number of rotatable bonds is 10. The molecule has 0 aliphatic rings. The Labute approximate surface area is 116 Å². The van der Waals surface area contributed by atoms with Gasteiger partial charge >= 0.3 is 0 Å². The molecule has 0 saturated carbocycles. The van der Waals surface area contributed by atoms with Crippen molar-refractivity contribution in [3.05, 3.63) is 0 Å². The highest BCUT2D eigenvalue weighted by molar-refractivity contribution is 7.98. The van der Waals surface area contributed by atoms with Crippen molar-refractivity contribution in [1.29, 1.82) is 0 Å². The standard InChI is InChI=1S/C13H29N3OS/c1-11(10-18-4)9-15-8-6-5-7-13(2,3)12(14)16-17/h11,15,17H,5-10H2,1-4H3,(H2,14,16). The van der Waals surface area contributed by atoms with E-state index in [9.17, 15) is 0 Å². The second-order valence-corrected chi connectivity index (χ2v) is 6.50. The fourth-order valence-corrected chi connectivity index (χ4v) is 2.46. The molecule has 0 fully saturated rings. The molecule has 108 valence electrons. The highest BCUT2D eigenvalue weighted by Gasteiger charge is 2.22. The third-order valence-corrected chi connectivity index (χ3v) is 4.05. The highest BCUT2D eigenvalue weighted by atomic mass is 32.2. The molecule has 0 amide bonds. The van der Waals surface area contributed by atoms with Gasteiger partial charge in [-0.1, -0.05) is 32.3 Å². The normalized spacial score (nSPS) is 14.8. The van der Waals surface area contributed by atoms with Crippen LogP contribution in [-0.2, 0) is 0 Å². The number of oxime groups is 1. The number of unbranched alkanes of at least 4 members (excludes halogenated alkanes) is 1. The minimum atomic E-state index is -0.207. The molecular formula is C13H29N3OS. The van der Waals surface area contributed by atoms with Gasteiger partial charge in [0.2, 0.25) is 0 Å². The molecule has 0 aromatic heterocycles. The molecule has 1 unspecified atom stereocenters. The predicted octanol–water partition coefficient (Wildman–Crippen LogP) is 2.52. The second-order valence-electron chi connectivity index (χ2n) is 5.59. The third-order valence-electron chi connectivity index (χ3n) is 3.15. The molecule has 4 N–H and O–H groups in total. The molecule has 0 aromatic rings. The smallest absolute Gasteiger partial charge is 0.144 e. The minimum Gasteiger partial charge on any atom is -0.409 e. The van der Waals surface area contributed by atoms with Gasteiger partial charge in [0.1, 0.15) is 5.84 Å². The zero-order chi connectivity index (χ0) is 14.0. The third kappa shape index (κ3) is 7.82. The molecule has 5 heteroatoms.